The van der Waals surface area contributed by atoms with E-state index in [1.54, 1.807) is 0 Å². The minimum absolute atomic E-state index is 0.0537. The summed E-state index contributed by atoms with van der Waals surface area (Å²) >= 11 is 0. The van der Waals surface area contributed by atoms with Crippen molar-refractivity contribution in [1.29, 1.82) is 0 Å². The quantitative estimate of drug-likeness (QED) is 0.439. The first-order valence-electron chi connectivity index (χ1n) is 9.63. The number of carbonyl (C=O) groups is 1. The molecule has 0 fully saturated rings. The lowest BCUT2D eigenvalue weighted by atomic mass is 9.77. The van der Waals surface area contributed by atoms with Crippen LogP contribution in [0.25, 0.3) is 0 Å². The van der Waals surface area contributed by atoms with Gasteiger partial charge < -0.3 is 9.84 Å². The summed E-state index contributed by atoms with van der Waals surface area (Å²) in [4.78, 5) is 16.6. The number of rotatable bonds is 9. The lowest BCUT2D eigenvalue weighted by molar-refractivity contribution is -0.117. The second kappa shape index (κ2) is 9.56. The predicted octanol–water partition coefficient (Wildman–Crippen LogP) is 5.94. The first-order chi connectivity index (χ1) is 12.4. The molecule has 0 heterocycles. The third kappa shape index (κ3) is 6.32. The lowest BCUT2D eigenvalue weighted by Crippen LogP contribution is -2.26. The van der Waals surface area contributed by atoms with Gasteiger partial charge in [0.05, 0.1) is 17.9 Å². The number of ketones is 1. The Labute approximate surface area is 157 Å². The minimum atomic E-state index is -0.191. The Morgan fingerprint density at radius 2 is 1.96 bits per heavy atom. The van der Waals surface area contributed by atoms with Crippen molar-refractivity contribution >= 4 is 17.7 Å². The Morgan fingerprint density at radius 1 is 1.19 bits per heavy atom. The smallest absolute Gasteiger partial charge is 0.168 e. The highest BCUT2D eigenvalue weighted by Crippen LogP contribution is 2.35. The molecule has 0 saturated heterocycles. The number of ether oxygens (including phenoxy) is 1. The van der Waals surface area contributed by atoms with E-state index in [-0.39, 0.29) is 17.0 Å². The van der Waals surface area contributed by atoms with Crippen molar-refractivity contribution < 1.29 is 14.6 Å². The standard InChI is InChI=1S/C22H31NO3/c1-4-5-6-7-8-12-26-18-11-9-10-17(13-18)23-16-19-20(24)14-22(2,3)15-21(19)25/h9-11,13,16,24H,4-8,12,14-15H2,1-3H3. The molecule has 1 aliphatic carbocycles. The first-order valence-corrected chi connectivity index (χ1v) is 9.63. The number of aliphatic hydroxyl groups excluding tert-OH is 1. The van der Waals surface area contributed by atoms with E-state index in [0.717, 1.165) is 12.2 Å². The van der Waals surface area contributed by atoms with Gasteiger partial charge in [0.1, 0.15) is 11.5 Å². The van der Waals surface area contributed by atoms with Gasteiger partial charge in [-0.1, -0.05) is 52.5 Å². The third-order valence-electron chi connectivity index (χ3n) is 4.57. The summed E-state index contributed by atoms with van der Waals surface area (Å²) in [5, 5.41) is 10.2. The van der Waals surface area contributed by atoms with Crippen molar-refractivity contribution in [2.75, 3.05) is 6.61 Å². The molecule has 0 unspecified atom stereocenters. The molecule has 142 valence electrons. The molecular weight excluding hydrogens is 326 g/mol. The lowest BCUT2D eigenvalue weighted by Gasteiger charge is -2.28. The monoisotopic (exact) mass is 357 g/mol. The molecule has 1 N–H and O–H groups in total. The van der Waals surface area contributed by atoms with Gasteiger partial charge in [-0.3, -0.25) is 9.79 Å². The Balaban J connectivity index is 1.93. The maximum Gasteiger partial charge on any atom is 0.168 e. The number of carbonyl (C=O) groups excluding carboxylic acids is 1. The fourth-order valence-corrected chi connectivity index (χ4v) is 3.14. The van der Waals surface area contributed by atoms with Crippen molar-refractivity contribution in [3.63, 3.8) is 0 Å². The largest absolute Gasteiger partial charge is 0.511 e. The normalized spacial score (nSPS) is 17.1. The molecule has 4 heteroatoms. The van der Waals surface area contributed by atoms with Crippen LogP contribution in [-0.2, 0) is 4.79 Å². The van der Waals surface area contributed by atoms with Gasteiger partial charge in [-0.15, -0.1) is 0 Å². The number of aliphatic imine (C=N–C) groups is 1. The molecular formula is C22H31NO3. The van der Waals surface area contributed by atoms with Crippen LogP contribution < -0.4 is 4.74 Å². The molecule has 0 atom stereocenters. The highest BCUT2D eigenvalue weighted by molar-refractivity contribution is 6.14. The first kappa shape index (κ1) is 20.2. The molecule has 1 aromatic rings. The van der Waals surface area contributed by atoms with Gasteiger partial charge in [0, 0.05) is 25.1 Å². The molecule has 0 amide bonds. The highest BCUT2D eigenvalue weighted by atomic mass is 16.5. The summed E-state index contributed by atoms with van der Waals surface area (Å²) in [5.41, 5.74) is 0.849. The molecule has 0 aliphatic heterocycles. The maximum atomic E-state index is 12.2. The highest BCUT2D eigenvalue weighted by Gasteiger charge is 2.32. The van der Waals surface area contributed by atoms with Crippen LogP contribution in [0.5, 0.6) is 5.75 Å². The summed E-state index contributed by atoms with van der Waals surface area (Å²) in [6.45, 7) is 6.88. The van der Waals surface area contributed by atoms with Crippen LogP contribution in [0, 0.1) is 5.41 Å². The number of hydrogen-bond donors (Lipinski definition) is 1. The molecule has 0 saturated carbocycles. The molecule has 26 heavy (non-hydrogen) atoms. The summed E-state index contributed by atoms with van der Waals surface area (Å²) in [5.74, 6) is 0.862. The van der Waals surface area contributed by atoms with Gasteiger partial charge in [-0.05, 0) is 24.0 Å². The molecule has 1 aromatic carbocycles. The van der Waals surface area contributed by atoms with E-state index in [9.17, 15) is 9.90 Å². The number of aliphatic hydroxyl groups is 1. The molecule has 0 radical (unpaired) electrons. The SMILES string of the molecule is CCCCCCCOc1cccc(N=CC2=C(O)CC(C)(C)CC2=O)c1. The van der Waals surface area contributed by atoms with Crippen LogP contribution >= 0.6 is 0 Å². The number of Topliss-reactive ketones (excluding diaryl/α,β-unsaturated/α-hetero) is 1. The second-order valence-corrected chi connectivity index (χ2v) is 7.82. The van der Waals surface area contributed by atoms with Crippen molar-refractivity contribution in [2.45, 2.75) is 65.7 Å². The Morgan fingerprint density at radius 3 is 2.69 bits per heavy atom. The maximum absolute atomic E-state index is 12.2. The van der Waals surface area contributed by atoms with Gasteiger partial charge >= 0.3 is 0 Å². The fraction of sp³-hybridized carbons (Fsp3) is 0.545. The van der Waals surface area contributed by atoms with E-state index in [4.69, 9.17) is 4.74 Å². The Hall–Kier alpha value is -2.10. The zero-order chi connectivity index (χ0) is 19.0. The number of benzene rings is 1. The summed E-state index contributed by atoms with van der Waals surface area (Å²) in [6.07, 6.45) is 8.44. The minimum Gasteiger partial charge on any atom is -0.511 e. The van der Waals surface area contributed by atoms with E-state index < -0.39 is 0 Å². The van der Waals surface area contributed by atoms with Gasteiger partial charge in [0.25, 0.3) is 0 Å². The zero-order valence-electron chi connectivity index (χ0n) is 16.3. The van der Waals surface area contributed by atoms with E-state index in [1.807, 2.05) is 38.1 Å². The third-order valence-corrected chi connectivity index (χ3v) is 4.57. The molecule has 4 nitrogen and oxygen atoms in total. The second-order valence-electron chi connectivity index (χ2n) is 7.82. The van der Waals surface area contributed by atoms with Crippen LogP contribution in [0.15, 0.2) is 40.6 Å². The summed E-state index contributed by atoms with van der Waals surface area (Å²) < 4.78 is 5.79. The summed E-state index contributed by atoms with van der Waals surface area (Å²) in [6, 6.07) is 7.52. The van der Waals surface area contributed by atoms with Crippen LogP contribution in [-0.4, -0.2) is 23.7 Å². The molecule has 2 rings (SSSR count). The van der Waals surface area contributed by atoms with Crippen molar-refractivity contribution in [3.8, 4) is 5.75 Å². The molecule has 1 aliphatic rings. The van der Waals surface area contributed by atoms with Crippen LogP contribution in [0.2, 0.25) is 0 Å². The van der Waals surface area contributed by atoms with Crippen LogP contribution in [0.4, 0.5) is 5.69 Å². The van der Waals surface area contributed by atoms with Gasteiger partial charge in [0.15, 0.2) is 5.78 Å². The molecule has 0 spiro atoms. The average Bonchev–Trinajstić information content (AvgIpc) is 2.56. The van der Waals surface area contributed by atoms with E-state index in [0.29, 0.717) is 30.7 Å². The van der Waals surface area contributed by atoms with Gasteiger partial charge in [-0.25, -0.2) is 0 Å². The average molecular weight is 357 g/mol. The Bertz CT molecular complexity index is 674. The fourth-order valence-electron chi connectivity index (χ4n) is 3.14. The summed E-state index contributed by atoms with van der Waals surface area (Å²) in [7, 11) is 0. The van der Waals surface area contributed by atoms with E-state index in [2.05, 4.69) is 11.9 Å². The number of unbranched alkanes of at least 4 members (excludes halogenated alkanes) is 4. The Kier molecular flexibility index (Phi) is 7.43. The zero-order valence-corrected chi connectivity index (χ0v) is 16.3. The van der Waals surface area contributed by atoms with E-state index >= 15 is 0 Å². The van der Waals surface area contributed by atoms with Crippen LogP contribution in [0.3, 0.4) is 0 Å². The molecule has 0 bridgehead atoms. The van der Waals surface area contributed by atoms with E-state index in [1.165, 1.54) is 31.9 Å². The number of allylic oxidation sites excluding steroid dienone is 2. The molecule has 0 aromatic heterocycles. The van der Waals surface area contributed by atoms with Crippen molar-refractivity contribution in [3.05, 3.63) is 35.6 Å². The van der Waals surface area contributed by atoms with Gasteiger partial charge in [0.2, 0.25) is 0 Å². The van der Waals surface area contributed by atoms with Gasteiger partial charge in [-0.2, -0.15) is 0 Å². The van der Waals surface area contributed by atoms with Crippen LogP contribution in [0.1, 0.15) is 65.7 Å². The number of hydrogen-bond acceptors (Lipinski definition) is 4. The van der Waals surface area contributed by atoms with Crippen molar-refractivity contribution in [1.82, 2.24) is 0 Å². The topological polar surface area (TPSA) is 58.9 Å². The number of nitrogens with zero attached hydrogens (tertiary/aromatic N) is 1. The van der Waals surface area contributed by atoms with Crippen molar-refractivity contribution in [2.24, 2.45) is 10.4 Å². The predicted molar refractivity (Wildman–Crippen MR) is 107 cm³/mol.